The molecule has 0 saturated heterocycles. The third-order valence-corrected chi connectivity index (χ3v) is 10.3. The zero-order valence-electron chi connectivity index (χ0n) is 30.0. The van der Waals surface area contributed by atoms with Crippen LogP contribution in [-0.2, 0) is 0 Å². The van der Waals surface area contributed by atoms with Crippen molar-refractivity contribution in [3.8, 4) is 50.5 Å². The Morgan fingerprint density at radius 2 is 1.06 bits per heavy atom. The molecule has 9 rings (SSSR count). The van der Waals surface area contributed by atoms with E-state index in [9.17, 15) is 0 Å². The molecule has 0 aliphatic heterocycles. The van der Waals surface area contributed by atoms with Crippen molar-refractivity contribution >= 4 is 33.0 Å². The van der Waals surface area contributed by atoms with Gasteiger partial charge in [0.1, 0.15) is 17.0 Å². The molecular weight excluding hydrogens is 633 g/mol. The number of imidazole rings is 1. The van der Waals surface area contributed by atoms with Crippen LogP contribution in [0.5, 0.6) is 0 Å². The van der Waals surface area contributed by atoms with Gasteiger partial charge < -0.3 is 4.42 Å². The predicted octanol–water partition coefficient (Wildman–Crippen LogP) is 13.8. The maximum atomic E-state index is 6.88. The van der Waals surface area contributed by atoms with Crippen LogP contribution < -0.4 is 0 Å². The smallest absolute Gasteiger partial charge is 0.149 e. The lowest BCUT2D eigenvalue weighted by Gasteiger charge is -2.24. The van der Waals surface area contributed by atoms with Gasteiger partial charge >= 0.3 is 0 Å². The molecule has 0 fully saturated rings. The highest BCUT2D eigenvalue weighted by atomic mass is 16.3. The van der Waals surface area contributed by atoms with Crippen LogP contribution in [0.1, 0.15) is 50.7 Å². The van der Waals surface area contributed by atoms with Crippen molar-refractivity contribution in [1.29, 1.82) is 0 Å². The zero-order valence-corrected chi connectivity index (χ0v) is 30.0. The van der Waals surface area contributed by atoms with E-state index in [2.05, 4.69) is 190 Å². The molecule has 0 aliphatic carbocycles. The van der Waals surface area contributed by atoms with Crippen molar-refractivity contribution in [2.45, 2.75) is 39.5 Å². The lowest BCUT2D eigenvalue weighted by atomic mass is 9.88. The minimum absolute atomic E-state index is 0.283. The first-order valence-electron chi connectivity index (χ1n) is 18.3. The standard InChI is InChI=1S/C49H40N2O/c1-31(2)42-28-38(34-17-9-6-10-18-34)29-43(32(3)4)47(42)51-45-24-12-11-23-44(45)50-49(51)41-22-14-21-40-39-26-25-37(30-46(39)52-48(40)41)36-20-13-19-35(27-36)33-15-7-5-8-16-33/h5-32H,1-4H3. The van der Waals surface area contributed by atoms with Gasteiger partial charge in [-0.2, -0.15) is 0 Å². The molecule has 2 aromatic heterocycles. The van der Waals surface area contributed by atoms with Gasteiger partial charge in [0.15, 0.2) is 0 Å². The van der Waals surface area contributed by atoms with Crippen molar-refractivity contribution < 1.29 is 4.42 Å². The molecule has 0 unspecified atom stereocenters. The minimum atomic E-state index is 0.283. The van der Waals surface area contributed by atoms with Gasteiger partial charge in [0, 0.05) is 10.8 Å². The van der Waals surface area contributed by atoms with E-state index in [0.717, 1.165) is 55.5 Å². The summed E-state index contributed by atoms with van der Waals surface area (Å²) in [5, 5.41) is 2.18. The molecule has 0 atom stereocenters. The molecule has 0 bridgehead atoms. The fourth-order valence-electron chi connectivity index (χ4n) is 7.71. The van der Waals surface area contributed by atoms with Crippen molar-refractivity contribution in [1.82, 2.24) is 9.55 Å². The molecule has 0 N–H and O–H groups in total. The summed E-state index contributed by atoms with van der Waals surface area (Å²) in [4.78, 5) is 5.37. The van der Waals surface area contributed by atoms with Crippen molar-refractivity contribution in [2.75, 3.05) is 0 Å². The Balaban J connectivity index is 1.25. The molecule has 7 aromatic carbocycles. The second kappa shape index (κ2) is 12.9. The topological polar surface area (TPSA) is 31.0 Å². The maximum absolute atomic E-state index is 6.88. The molecule has 3 heteroatoms. The van der Waals surface area contributed by atoms with Gasteiger partial charge in [-0.25, -0.2) is 4.98 Å². The highest BCUT2D eigenvalue weighted by Crippen LogP contribution is 2.43. The van der Waals surface area contributed by atoms with Crippen LogP contribution in [0.4, 0.5) is 0 Å². The molecule has 0 spiro atoms. The highest BCUT2D eigenvalue weighted by Gasteiger charge is 2.25. The fourth-order valence-corrected chi connectivity index (χ4v) is 7.71. The van der Waals surface area contributed by atoms with Gasteiger partial charge in [-0.3, -0.25) is 4.57 Å². The van der Waals surface area contributed by atoms with Gasteiger partial charge in [0.2, 0.25) is 0 Å². The van der Waals surface area contributed by atoms with Crippen molar-refractivity contribution in [2.24, 2.45) is 0 Å². The first-order chi connectivity index (χ1) is 25.4. The summed E-state index contributed by atoms with van der Waals surface area (Å²) in [5.41, 5.74) is 15.7. The SMILES string of the molecule is CC(C)c1cc(-c2ccccc2)cc(C(C)C)c1-n1c(-c2cccc3c2oc2cc(-c4cccc(-c5ccccc5)c4)ccc23)nc2ccccc21. The maximum Gasteiger partial charge on any atom is 0.149 e. The molecular formula is C49H40N2O. The summed E-state index contributed by atoms with van der Waals surface area (Å²) in [6.45, 7) is 9.18. The average molecular weight is 673 g/mol. The molecule has 0 radical (unpaired) electrons. The van der Waals surface area contributed by atoms with E-state index < -0.39 is 0 Å². The van der Waals surface area contributed by atoms with Crippen LogP contribution >= 0.6 is 0 Å². The van der Waals surface area contributed by atoms with Gasteiger partial charge in [-0.15, -0.1) is 0 Å². The van der Waals surface area contributed by atoms with Crippen LogP contribution in [0.3, 0.4) is 0 Å². The van der Waals surface area contributed by atoms with Crippen LogP contribution in [-0.4, -0.2) is 9.55 Å². The number of fused-ring (bicyclic) bond motifs is 4. The summed E-state index contributed by atoms with van der Waals surface area (Å²) < 4.78 is 9.28. The number of aromatic nitrogens is 2. The Kier molecular flexibility index (Phi) is 7.85. The second-order valence-corrected chi connectivity index (χ2v) is 14.4. The van der Waals surface area contributed by atoms with Crippen LogP contribution in [0.15, 0.2) is 162 Å². The van der Waals surface area contributed by atoms with Gasteiger partial charge in [0.05, 0.1) is 22.3 Å². The van der Waals surface area contributed by atoms with Gasteiger partial charge in [-0.1, -0.05) is 137 Å². The normalized spacial score (nSPS) is 11.8. The number of nitrogens with zero attached hydrogens (tertiary/aromatic N) is 2. The molecule has 9 aromatic rings. The average Bonchev–Trinajstić information content (AvgIpc) is 3.76. The quantitative estimate of drug-likeness (QED) is 0.169. The number of hydrogen-bond acceptors (Lipinski definition) is 2. The first kappa shape index (κ1) is 31.8. The van der Waals surface area contributed by atoms with E-state index in [1.165, 1.54) is 39.1 Å². The number of rotatable bonds is 7. The molecule has 0 amide bonds. The van der Waals surface area contributed by atoms with Gasteiger partial charge in [0.25, 0.3) is 0 Å². The van der Waals surface area contributed by atoms with Crippen LogP contribution in [0, 0.1) is 0 Å². The molecule has 0 saturated carbocycles. The molecule has 52 heavy (non-hydrogen) atoms. The van der Waals surface area contributed by atoms with E-state index >= 15 is 0 Å². The number of benzene rings is 7. The summed E-state index contributed by atoms with van der Waals surface area (Å²) >= 11 is 0. The summed E-state index contributed by atoms with van der Waals surface area (Å²) in [6, 6.07) is 56.3. The van der Waals surface area contributed by atoms with Crippen LogP contribution in [0.2, 0.25) is 0 Å². The fraction of sp³-hybridized carbons (Fsp3) is 0.122. The molecule has 2 heterocycles. The van der Waals surface area contributed by atoms with Crippen molar-refractivity contribution in [3.63, 3.8) is 0 Å². The van der Waals surface area contributed by atoms with Crippen LogP contribution in [0.25, 0.3) is 83.4 Å². The lowest BCUT2D eigenvalue weighted by Crippen LogP contribution is -2.09. The third-order valence-electron chi connectivity index (χ3n) is 10.3. The molecule has 252 valence electrons. The summed E-state index contributed by atoms with van der Waals surface area (Å²) in [7, 11) is 0. The number of furan rings is 1. The zero-order chi connectivity index (χ0) is 35.3. The van der Waals surface area contributed by atoms with E-state index in [1.54, 1.807) is 0 Å². The monoisotopic (exact) mass is 672 g/mol. The first-order valence-corrected chi connectivity index (χ1v) is 18.3. The number of hydrogen-bond donors (Lipinski definition) is 0. The molecule has 0 aliphatic rings. The lowest BCUT2D eigenvalue weighted by molar-refractivity contribution is 0.669. The minimum Gasteiger partial charge on any atom is -0.455 e. The largest absolute Gasteiger partial charge is 0.455 e. The Labute approximate surface area is 304 Å². The predicted molar refractivity (Wildman–Crippen MR) is 218 cm³/mol. The Morgan fingerprint density at radius 3 is 1.75 bits per heavy atom. The van der Waals surface area contributed by atoms with E-state index in [1.807, 2.05) is 0 Å². The molecule has 3 nitrogen and oxygen atoms in total. The Bertz CT molecular complexity index is 2700. The van der Waals surface area contributed by atoms with E-state index in [0.29, 0.717) is 0 Å². The van der Waals surface area contributed by atoms with E-state index in [4.69, 9.17) is 9.40 Å². The second-order valence-electron chi connectivity index (χ2n) is 14.4. The summed E-state index contributed by atoms with van der Waals surface area (Å²) in [6.07, 6.45) is 0. The Hall–Kier alpha value is -6.19. The van der Waals surface area contributed by atoms with Gasteiger partial charge in [-0.05, 0) is 105 Å². The summed E-state index contributed by atoms with van der Waals surface area (Å²) in [5.74, 6) is 1.45. The highest BCUT2D eigenvalue weighted by molar-refractivity contribution is 6.10. The van der Waals surface area contributed by atoms with E-state index in [-0.39, 0.29) is 11.8 Å². The van der Waals surface area contributed by atoms with Crippen molar-refractivity contribution in [3.05, 3.63) is 169 Å². The Morgan fingerprint density at radius 1 is 0.481 bits per heavy atom. The third kappa shape index (κ3) is 5.41. The number of para-hydroxylation sites is 3.